The van der Waals surface area contributed by atoms with Crippen molar-refractivity contribution in [2.24, 2.45) is 0 Å². The first-order valence-corrected chi connectivity index (χ1v) is 10.9. The minimum Gasteiger partial charge on any atom is -0.216 e. The largest absolute Gasteiger partial charge is 0.216 e. The van der Waals surface area contributed by atoms with Crippen LogP contribution in [0.3, 0.4) is 0 Å². The molecule has 0 bridgehead atoms. The number of para-hydroxylation sites is 1. The first-order chi connectivity index (χ1) is 13.6. The molecule has 4 heteroatoms. The summed E-state index contributed by atoms with van der Waals surface area (Å²) in [5.41, 5.74) is 1.27. The molecule has 0 saturated heterocycles. The third kappa shape index (κ3) is 4.78. The summed E-state index contributed by atoms with van der Waals surface area (Å²) >= 11 is 0. The van der Waals surface area contributed by atoms with Crippen molar-refractivity contribution in [1.82, 2.24) is 4.65 Å². The number of hydrogen-bond donors (Lipinski definition) is 1. The van der Waals surface area contributed by atoms with E-state index in [1.165, 1.54) is 0 Å². The van der Waals surface area contributed by atoms with Crippen molar-refractivity contribution in [2.45, 2.75) is 78.6 Å². The van der Waals surface area contributed by atoms with E-state index >= 15 is 0 Å². The molecule has 2 aromatic rings. The molecule has 0 aliphatic heterocycles. The Hall–Kier alpha value is -1.72. The van der Waals surface area contributed by atoms with Crippen LogP contribution in [-0.2, 0) is 11.4 Å². The summed E-state index contributed by atoms with van der Waals surface area (Å²) in [5, 5.41) is 11.4. The third-order valence-electron chi connectivity index (χ3n) is 6.26. The summed E-state index contributed by atoms with van der Waals surface area (Å²) in [6, 6.07) is 20.6. The molecular weight excluding hydrogens is 372 g/mol. The smallest absolute Gasteiger partial charge is 0.166 e. The molecule has 0 spiro atoms. The first kappa shape index (κ1) is 24.5. The number of benzene rings is 2. The Balaban J connectivity index is 2.41. The molecule has 0 fully saturated rings. The van der Waals surface area contributed by atoms with Crippen molar-refractivity contribution in [3.8, 4) is 0 Å². The Labute approximate surface area is 183 Å². The monoisotopic (exact) mass is 414 g/mol. The van der Waals surface area contributed by atoms with Gasteiger partial charge in [0.05, 0.1) is 7.05 Å². The molecule has 0 saturated carbocycles. The van der Waals surface area contributed by atoms with Crippen molar-refractivity contribution >= 4 is 5.69 Å². The van der Waals surface area contributed by atoms with E-state index in [9.17, 15) is 5.21 Å². The first-order valence-electron chi connectivity index (χ1n) is 10.9. The average Bonchev–Trinajstić information content (AvgIpc) is 2.61. The standard InChI is InChI=1S/C26H42N2O2/c1-24(2,3)28(25(4,5)6,23-18-14-11-15-19-23)30-21-26(7,8)27(9,29)20-22-16-12-10-13-17-22/h10-19,29H,20-21H2,1-9H3/q+2. The fourth-order valence-electron chi connectivity index (χ4n) is 4.43. The van der Waals surface area contributed by atoms with Gasteiger partial charge in [0, 0.05) is 17.7 Å². The van der Waals surface area contributed by atoms with Crippen LogP contribution in [0.5, 0.6) is 0 Å². The third-order valence-corrected chi connectivity index (χ3v) is 6.26. The van der Waals surface area contributed by atoms with Crippen LogP contribution in [-0.4, -0.2) is 40.1 Å². The van der Waals surface area contributed by atoms with Crippen LogP contribution in [0, 0.1) is 0 Å². The zero-order valence-corrected chi connectivity index (χ0v) is 20.4. The van der Waals surface area contributed by atoms with Crippen LogP contribution in [0.2, 0.25) is 0 Å². The van der Waals surface area contributed by atoms with E-state index in [0.717, 1.165) is 11.3 Å². The van der Waals surface area contributed by atoms with Gasteiger partial charge in [-0.25, -0.2) is 5.21 Å². The Kier molecular flexibility index (Phi) is 6.90. The van der Waals surface area contributed by atoms with Crippen LogP contribution in [0.15, 0.2) is 60.7 Å². The van der Waals surface area contributed by atoms with E-state index in [2.05, 4.69) is 91.8 Å². The number of likely N-dealkylation sites (N-methyl/N-ethyl adjacent to an activating group) is 1. The van der Waals surface area contributed by atoms with E-state index in [0.29, 0.717) is 17.8 Å². The van der Waals surface area contributed by atoms with Crippen LogP contribution in [0.4, 0.5) is 5.69 Å². The molecule has 2 rings (SSSR count). The minimum absolute atomic E-state index is 0.153. The SMILES string of the molecule is CC(C)(CO[N+](c1ccccc1)(C(C)(C)C)C(C)(C)C)[N+](C)(O)Cc1ccccc1. The zero-order valence-electron chi connectivity index (χ0n) is 20.4. The molecule has 0 aromatic heterocycles. The fourth-order valence-corrected chi connectivity index (χ4v) is 4.43. The van der Waals surface area contributed by atoms with Gasteiger partial charge in [0.2, 0.25) is 0 Å². The van der Waals surface area contributed by atoms with Crippen molar-refractivity contribution in [1.29, 1.82) is 0 Å². The lowest BCUT2D eigenvalue weighted by atomic mass is 9.93. The zero-order chi connectivity index (χ0) is 22.8. The summed E-state index contributed by atoms with van der Waals surface area (Å²) in [7, 11) is 1.86. The number of hydrogen-bond acceptors (Lipinski definition) is 2. The van der Waals surface area contributed by atoms with Crippen LogP contribution < -0.4 is 4.65 Å². The maximum Gasteiger partial charge on any atom is 0.166 e. The Morgan fingerprint density at radius 1 is 0.733 bits per heavy atom. The van der Waals surface area contributed by atoms with Gasteiger partial charge in [0.25, 0.3) is 0 Å². The van der Waals surface area contributed by atoms with E-state index < -0.39 is 5.54 Å². The molecular formula is C26H42N2O2+2. The fraction of sp³-hybridized carbons (Fsp3) is 0.538. The molecule has 1 N–H and O–H groups in total. The van der Waals surface area contributed by atoms with Gasteiger partial charge in [-0.15, -0.1) is 4.65 Å². The Morgan fingerprint density at radius 3 is 1.60 bits per heavy atom. The van der Waals surface area contributed by atoms with Crippen LogP contribution in [0.1, 0.15) is 61.0 Å². The molecule has 0 aliphatic carbocycles. The molecule has 1 atom stereocenters. The van der Waals surface area contributed by atoms with E-state index in [4.69, 9.17) is 4.84 Å². The van der Waals surface area contributed by atoms with E-state index in [1.54, 1.807) is 0 Å². The quantitative estimate of drug-likeness (QED) is 0.423. The number of rotatable bonds is 7. The second-order valence-corrected chi connectivity index (χ2v) is 11.2. The molecule has 0 aliphatic rings. The van der Waals surface area contributed by atoms with E-state index in [1.807, 2.05) is 31.3 Å². The second kappa shape index (κ2) is 8.43. The van der Waals surface area contributed by atoms with Gasteiger partial charge in [0.1, 0.15) is 17.6 Å². The van der Waals surface area contributed by atoms with Gasteiger partial charge in [-0.3, -0.25) is 0 Å². The predicted octanol–water partition coefficient (Wildman–Crippen LogP) is 6.34. The number of nitrogens with zero attached hydrogens (tertiary/aromatic N) is 2. The Bertz CT molecular complexity index is 786. The van der Waals surface area contributed by atoms with Gasteiger partial charge >= 0.3 is 0 Å². The molecule has 30 heavy (non-hydrogen) atoms. The predicted molar refractivity (Wildman–Crippen MR) is 126 cm³/mol. The molecule has 0 radical (unpaired) electrons. The van der Waals surface area contributed by atoms with Gasteiger partial charge in [-0.2, -0.15) is 9.48 Å². The van der Waals surface area contributed by atoms with Crippen molar-refractivity contribution in [3.63, 3.8) is 0 Å². The Morgan fingerprint density at radius 2 is 1.17 bits per heavy atom. The van der Waals surface area contributed by atoms with Crippen LogP contribution in [0.25, 0.3) is 0 Å². The summed E-state index contributed by atoms with van der Waals surface area (Å²) in [6.45, 7) is 18.4. The summed E-state index contributed by atoms with van der Waals surface area (Å²) in [6.07, 6.45) is 0. The molecule has 2 aromatic carbocycles. The van der Waals surface area contributed by atoms with Gasteiger partial charge in [0.15, 0.2) is 17.8 Å². The maximum atomic E-state index is 11.4. The summed E-state index contributed by atoms with van der Waals surface area (Å²) in [4.78, 5) is 6.90. The number of hydroxylamine groups is 5. The lowest BCUT2D eigenvalue weighted by Gasteiger charge is -2.54. The second-order valence-electron chi connectivity index (χ2n) is 11.2. The maximum absolute atomic E-state index is 11.4. The highest BCUT2D eigenvalue weighted by molar-refractivity contribution is 5.44. The van der Waals surface area contributed by atoms with Crippen molar-refractivity contribution < 1.29 is 14.7 Å². The highest BCUT2D eigenvalue weighted by Gasteiger charge is 2.56. The molecule has 0 heterocycles. The molecule has 166 valence electrons. The highest BCUT2D eigenvalue weighted by Crippen LogP contribution is 2.43. The average molecular weight is 415 g/mol. The van der Waals surface area contributed by atoms with Gasteiger partial charge < -0.3 is 0 Å². The van der Waals surface area contributed by atoms with Gasteiger partial charge in [-0.1, -0.05) is 48.5 Å². The highest BCUT2D eigenvalue weighted by atomic mass is 16.7. The summed E-state index contributed by atoms with van der Waals surface area (Å²) in [5.74, 6) is 0. The van der Waals surface area contributed by atoms with Crippen molar-refractivity contribution in [3.05, 3.63) is 66.2 Å². The van der Waals surface area contributed by atoms with Crippen molar-refractivity contribution in [2.75, 3.05) is 13.7 Å². The lowest BCUT2D eigenvalue weighted by Crippen LogP contribution is -2.72. The molecule has 0 amide bonds. The van der Waals surface area contributed by atoms with Gasteiger partial charge in [-0.05, 0) is 55.4 Å². The summed E-state index contributed by atoms with van der Waals surface area (Å²) < 4.78 is 0.204. The van der Waals surface area contributed by atoms with Crippen LogP contribution >= 0.6 is 0 Å². The molecule has 1 unspecified atom stereocenters. The number of quaternary nitrogens is 2. The lowest BCUT2D eigenvalue weighted by molar-refractivity contribution is -1.13. The van der Waals surface area contributed by atoms with E-state index in [-0.39, 0.29) is 15.7 Å². The topological polar surface area (TPSA) is 29.5 Å². The minimum atomic E-state index is -0.523. The normalized spacial score (nSPS) is 15.7. The molecule has 4 nitrogen and oxygen atoms in total.